The fraction of sp³-hybridized carbons (Fsp3) is 0.278. The van der Waals surface area contributed by atoms with Gasteiger partial charge in [-0.3, -0.25) is 4.79 Å². The minimum atomic E-state index is -0.922. The van der Waals surface area contributed by atoms with Crippen molar-refractivity contribution in [2.75, 3.05) is 6.61 Å². The summed E-state index contributed by atoms with van der Waals surface area (Å²) >= 11 is 1.30. The third-order valence-corrected chi connectivity index (χ3v) is 4.35. The van der Waals surface area contributed by atoms with Gasteiger partial charge in [-0.15, -0.1) is 0 Å². The molecule has 0 spiro atoms. The molecule has 0 fully saturated rings. The van der Waals surface area contributed by atoms with Crippen molar-refractivity contribution in [2.45, 2.75) is 31.4 Å². The molecular weight excluding hydrogens is 310 g/mol. The number of nitrogens with one attached hydrogen (secondary N) is 1. The summed E-state index contributed by atoms with van der Waals surface area (Å²) in [6.45, 7) is 4.55. The number of rotatable bonds is 8. The van der Waals surface area contributed by atoms with E-state index in [0.717, 1.165) is 16.0 Å². The molecular formula is C18H21NO3S. The fourth-order valence-corrected chi connectivity index (χ4v) is 2.68. The van der Waals surface area contributed by atoms with Gasteiger partial charge in [-0.2, -0.15) is 0 Å². The van der Waals surface area contributed by atoms with Crippen molar-refractivity contribution in [1.29, 1.82) is 0 Å². The van der Waals surface area contributed by atoms with Gasteiger partial charge in [0.15, 0.2) is 0 Å². The molecule has 2 N–H and O–H groups in total. The molecule has 0 amide bonds. The van der Waals surface area contributed by atoms with E-state index in [0.29, 0.717) is 6.61 Å². The summed E-state index contributed by atoms with van der Waals surface area (Å²) in [6.07, 6.45) is 0. The molecule has 1 atom stereocenters. The molecule has 1 unspecified atom stereocenters. The first-order valence-corrected chi connectivity index (χ1v) is 8.22. The molecule has 0 aliphatic rings. The maximum atomic E-state index is 11.3. The molecule has 0 aromatic heterocycles. The second-order valence-corrected chi connectivity index (χ2v) is 6.28. The number of ether oxygens (including phenoxy) is 1. The summed E-state index contributed by atoms with van der Waals surface area (Å²) in [5.41, 5.74) is 3.38. The summed E-state index contributed by atoms with van der Waals surface area (Å²) in [6, 6.07) is 15.1. The molecule has 122 valence electrons. The molecule has 0 aliphatic heterocycles. The Labute approximate surface area is 141 Å². The number of aliphatic carboxylic acids is 1. The normalized spacial score (nSPS) is 12.1. The largest absolute Gasteiger partial charge is 0.480 e. The number of carbonyl (C=O) groups is 1. The lowest BCUT2D eigenvalue weighted by atomic mass is 10.1. The van der Waals surface area contributed by atoms with Gasteiger partial charge in [0.25, 0.3) is 0 Å². The molecule has 2 aromatic carbocycles. The van der Waals surface area contributed by atoms with Gasteiger partial charge in [-0.1, -0.05) is 42.0 Å². The molecule has 0 bridgehead atoms. The van der Waals surface area contributed by atoms with Crippen LogP contribution in [0.4, 0.5) is 0 Å². The molecule has 2 aromatic rings. The number of hydrogen-bond donors (Lipinski definition) is 2. The highest BCUT2D eigenvalue weighted by atomic mass is 32.2. The van der Waals surface area contributed by atoms with Crippen LogP contribution < -0.4 is 4.72 Å². The molecule has 0 radical (unpaired) electrons. The van der Waals surface area contributed by atoms with Gasteiger partial charge in [0, 0.05) is 4.90 Å². The molecule has 0 heterocycles. The summed E-state index contributed by atoms with van der Waals surface area (Å²) in [5.74, 6) is -0.922. The van der Waals surface area contributed by atoms with Crippen molar-refractivity contribution in [2.24, 2.45) is 0 Å². The van der Waals surface area contributed by atoms with E-state index in [4.69, 9.17) is 4.74 Å². The number of carboxylic acid groups (broad SMARTS) is 1. The summed E-state index contributed by atoms with van der Waals surface area (Å²) < 4.78 is 8.52. The number of carboxylic acids is 1. The quantitative estimate of drug-likeness (QED) is 0.724. The third-order valence-electron chi connectivity index (χ3n) is 3.44. The molecule has 5 heteroatoms. The summed E-state index contributed by atoms with van der Waals surface area (Å²) in [5, 5.41) is 9.29. The van der Waals surface area contributed by atoms with Crippen LogP contribution in [0.1, 0.15) is 16.7 Å². The zero-order valence-corrected chi connectivity index (χ0v) is 14.1. The number of benzene rings is 2. The van der Waals surface area contributed by atoms with E-state index >= 15 is 0 Å². The SMILES string of the molecule is Cc1ccc(SNC(COCc2ccccc2C)C(=O)O)cc1. The summed E-state index contributed by atoms with van der Waals surface area (Å²) in [4.78, 5) is 12.3. The van der Waals surface area contributed by atoms with Crippen LogP contribution in [-0.2, 0) is 16.1 Å². The highest BCUT2D eigenvalue weighted by Gasteiger charge is 2.17. The Kier molecular flexibility index (Phi) is 6.65. The van der Waals surface area contributed by atoms with E-state index in [1.54, 1.807) is 0 Å². The maximum absolute atomic E-state index is 11.3. The van der Waals surface area contributed by atoms with Gasteiger partial charge in [0.2, 0.25) is 0 Å². The van der Waals surface area contributed by atoms with Gasteiger partial charge in [-0.25, -0.2) is 4.72 Å². The van der Waals surface area contributed by atoms with Gasteiger partial charge in [0.05, 0.1) is 13.2 Å². The minimum Gasteiger partial charge on any atom is -0.480 e. The van der Waals surface area contributed by atoms with Crippen molar-refractivity contribution < 1.29 is 14.6 Å². The second-order valence-electron chi connectivity index (χ2n) is 5.37. The topological polar surface area (TPSA) is 58.6 Å². The van der Waals surface area contributed by atoms with Gasteiger partial charge in [-0.05, 0) is 49.1 Å². The van der Waals surface area contributed by atoms with E-state index in [1.165, 1.54) is 17.5 Å². The van der Waals surface area contributed by atoms with Crippen molar-refractivity contribution in [3.05, 3.63) is 65.2 Å². The number of hydrogen-bond acceptors (Lipinski definition) is 4. The highest BCUT2D eigenvalue weighted by Crippen LogP contribution is 2.16. The van der Waals surface area contributed by atoms with Gasteiger partial charge >= 0.3 is 5.97 Å². The molecule has 0 saturated heterocycles. The first-order valence-electron chi connectivity index (χ1n) is 7.40. The van der Waals surface area contributed by atoms with Gasteiger partial charge in [0.1, 0.15) is 6.04 Å². The van der Waals surface area contributed by atoms with Gasteiger partial charge < -0.3 is 9.84 Å². The summed E-state index contributed by atoms with van der Waals surface area (Å²) in [7, 11) is 0. The Morgan fingerprint density at radius 1 is 1.17 bits per heavy atom. The van der Waals surface area contributed by atoms with Crippen LogP contribution >= 0.6 is 11.9 Å². The lowest BCUT2D eigenvalue weighted by molar-refractivity contribution is -0.140. The van der Waals surface area contributed by atoms with Crippen molar-refractivity contribution >= 4 is 17.9 Å². The molecule has 0 aliphatic carbocycles. The Balaban J connectivity index is 1.83. The molecule has 23 heavy (non-hydrogen) atoms. The fourth-order valence-electron chi connectivity index (χ4n) is 1.96. The lowest BCUT2D eigenvalue weighted by Gasteiger charge is -2.15. The molecule has 2 rings (SSSR count). The standard InChI is InChI=1S/C18H21NO3S/c1-13-7-9-16(10-8-13)23-19-17(18(20)21)12-22-11-15-6-4-3-5-14(15)2/h3-10,17,19H,11-12H2,1-2H3,(H,20,21). The highest BCUT2D eigenvalue weighted by molar-refractivity contribution is 7.97. The molecule has 0 saturated carbocycles. The Bertz CT molecular complexity index is 643. The second kappa shape index (κ2) is 8.72. The van der Waals surface area contributed by atoms with Crippen LogP contribution in [0, 0.1) is 13.8 Å². The maximum Gasteiger partial charge on any atom is 0.323 e. The van der Waals surface area contributed by atoms with Crippen LogP contribution in [0.2, 0.25) is 0 Å². The number of aryl methyl sites for hydroxylation is 2. The average Bonchev–Trinajstić information content (AvgIpc) is 2.53. The first-order chi connectivity index (χ1) is 11.1. The van der Waals surface area contributed by atoms with Crippen LogP contribution in [-0.4, -0.2) is 23.7 Å². The van der Waals surface area contributed by atoms with E-state index in [2.05, 4.69) is 4.72 Å². The van der Waals surface area contributed by atoms with E-state index in [1.807, 2.05) is 62.4 Å². The van der Waals surface area contributed by atoms with Crippen LogP contribution in [0.25, 0.3) is 0 Å². The minimum absolute atomic E-state index is 0.114. The van der Waals surface area contributed by atoms with E-state index in [-0.39, 0.29) is 6.61 Å². The van der Waals surface area contributed by atoms with E-state index < -0.39 is 12.0 Å². The average molecular weight is 331 g/mol. The molecule has 4 nitrogen and oxygen atoms in total. The predicted octanol–water partition coefficient (Wildman–Crippen LogP) is 3.57. The van der Waals surface area contributed by atoms with Crippen LogP contribution in [0.5, 0.6) is 0 Å². The monoisotopic (exact) mass is 331 g/mol. The smallest absolute Gasteiger partial charge is 0.323 e. The first kappa shape index (κ1) is 17.5. The van der Waals surface area contributed by atoms with Crippen molar-refractivity contribution in [3.8, 4) is 0 Å². The van der Waals surface area contributed by atoms with Crippen molar-refractivity contribution in [3.63, 3.8) is 0 Å². The van der Waals surface area contributed by atoms with Crippen LogP contribution in [0.3, 0.4) is 0 Å². The van der Waals surface area contributed by atoms with E-state index in [9.17, 15) is 9.90 Å². The lowest BCUT2D eigenvalue weighted by Crippen LogP contribution is -2.36. The zero-order chi connectivity index (χ0) is 16.7. The zero-order valence-electron chi connectivity index (χ0n) is 13.3. The van der Waals surface area contributed by atoms with Crippen molar-refractivity contribution in [1.82, 2.24) is 4.72 Å². The third kappa shape index (κ3) is 5.71. The Morgan fingerprint density at radius 2 is 1.87 bits per heavy atom. The Hall–Kier alpha value is -1.82. The van der Waals surface area contributed by atoms with Crippen LogP contribution in [0.15, 0.2) is 53.4 Å². The predicted molar refractivity (Wildman–Crippen MR) is 92.4 cm³/mol. The Morgan fingerprint density at radius 3 is 2.52 bits per heavy atom.